The number of hydrogen-bond donors (Lipinski definition) is 1. The van der Waals surface area contributed by atoms with Gasteiger partial charge in [-0.25, -0.2) is 0 Å². The third-order valence-corrected chi connectivity index (χ3v) is 9.09. The molecule has 2 fully saturated rings. The summed E-state index contributed by atoms with van der Waals surface area (Å²) < 4.78 is 29.0. The minimum absolute atomic E-state index is 0.0280. The van der Waals surface area contributed by atoms with Gasteiger partial charge >= 0.3 is 29.8 Å². The SMILES string of the molecule is C=C1[C@@H](OC(C)=O)C[C@H](OC(C)=O)[C@]2(C)[C@@H]1C[C@@H]1[C@@H](O)[C@H](OC(C)=O)C(C)=C([C@@H](OC(C)=O)[C@@H]2OC(C)=O)C1(C)C. The van der Waals surface area contributed by atoms with Crippen LogP contribution in [0.5, 0.6) is 0 Å². The zero-order chi connectivity index (χ0) is 31.2. The topological polar surface area (TPSA) is 152 Å². The van der Waals surface area contributed by atoms with Crippen LogP contribution in [0.2, 0.25) is 0 Å². The molecule has 2 saturated carbocycles. The number of esters is 5. The van der Waals surface area contributed by atoms with E-state index in [1.807, 2.05) is 13.8 Å². The molecule has 2 bridgehead atoms. The van der Waals surface area contributed by atoms with Crippen LogP contribution in [0.3, 0.4) is 0 Å². The molecule has 0 radical (unpaired) electrons. The van der Waals surface area contributed by atoms with Gasteiger partial charge in [-0.1, -0.05) is 27.4 Å². The number of ether oxygens (including phenoxy) is 5. The zero-order valence-corrected chi connectivity index (χ0v) is 25.3. The quantitative estimate of drug-likeness (QED) is 0.291. The first-order valence-corrected chi connectivity index (χ1v) is 13.8. The molecule has 0 aromatic rings. The summed E-state index contributed by atoms with van der Waals surface area (Å²) in [6.07, 6.45) is -6.21. The van der Waals surface area contributed by atoms with E-state index in [9.17, 15) is 29.1 Å². The van der Waals surface area contributed by atoms with E-state index in [0.29, 0.717) is 16.7 Å². The van der Waals surface area contributed by atoms with Crippen LogP contribution in [0.4, 0.5) is 0 Å². The van der Waals surface area contributed by atoms with Crippen LogP contribution in [0.15, 0.2) is 23.3 Å². The van der Waals surface area contributed by atoms with Crippen molar-refractivity contribution < 1.29 is 52.8 Å². The summed E-state index contributed by atoms with van der Waals surface area (Å²) in [5.74, 6) is -4.38. The van der Waals surface area contributed by atoms with Crippen molar-refractivity contribution in [1.82, 2.24) is 0 Å². The highest BCUT2D eigenvalue weighted by molar-refractivity contribution is 5.69. The second kappa shape index (κ2) is 11.6. The van der Waals surface area contributed by atoms with Crippen molar-refractivity contribution in [2.45, 2.75) is 112 Å². The third-order valence-electron chi connectivity index (χ3n) is 9.09. The highest BCUT2D eigenvalue weighted by Gasteiger charge is 2.65. The second-order valence-electron chi connectivity index (χ2n) is 12.2. The Morgan fingerprint density at radius 1 is 0.756 bits per heavy atom. The lowest BCUT2D eigenvalue weighted by Gasteiger charge is -2.60. The van der Waals surface area contributed by atoms with Gasteiger partial charge in [-0.05, 0) is 47.3 Å². The minimum Gasteiger partial charge on any atom is -0.462 e. The van der Waals surface area contributed by atoms with Gasteiger partial charge < -0.3 is 28.8 Å². The van der Waals surface area contributed by atoms with E-state index in [1.165, 1.54) is 34.6 Å². The van der Waals surface area contributed by atoms with Crippen molar-refractivity contribution in [3.05, 3.63) is 23.3 Å². The van der Waals surface area contributed by atoms with Gasteiger partial charge in [0.05, 0.1) is 11.5 Å². The van der Waals surface area contributed by atoms with Crippen LogP contribution in [0.1, 0.15) is 75.2 Å². The van der Waals surface area contributed by atoms with Gasteiger partial charge in [-0.3, -0.25) is 24.0 Å². The van der Waals surface area contributed by atoms with Crippen LogP contribution in [0.25, 0.3) is 0 Å². The van der Waals surface area contributed by atoms with E-state index in [1.54, 1.807) is 13.8 Å². The highest BCUT2D eigenvalue weighted by Crippen LogP contribution is 2.61. The summed E-state index contributed by atoms with van der Waals surface area (Å²) in [5, 5.41) is 11.7. The largest absolute Gasteiger partial charge is 0.462 e. The lowest BCUT2D eigenvalue weighted by Crippen LogP contribution is -2.66. The minimum atomic E-state index is -1.25. The molecule has 0 aromatic carbocycles. The molecule has 3 aliphatic rings. The molecule has 3 rings (SSSR count). The Morgan fingerprint density at radius 2 is 1.24 bits per heavy atom. The molecule has 11 nitrogen and oxygen atoms in total. The number of fused-ring (bicyclic) bond motifs is 3. The molecule has 0 unspecified atom stereocenters. The van der Waals surface area contributed by atoms with Crippen molar-refractivity contribution in [3.8, 4) is 0 Å². The number of carbonyl (C=O) groups is 5. The van der Waals surface area contributed by atoms with Gasteiger partial charge in [0.15, 0.2) is 12.2 Å². The van der Waals surface area contributed by atoms with E-state index in [0.717, 1.165) is 0 Å². The molecule has 0 heterocycles. The highest BCUT2D eigenvalue weighted by atomic mass is 16.6. The Labute approximate surface area is 240 Å². The molecule has 41 heavy (non-hydrogen) atoms. The Bertz CT molecular complexity index is 1170. The summed E-state index contributed by atoms with van der Waals surface area (Å²) in [6, 6.07) is 0. The van der Waals surface area contributed by atoms with Crippen molar-refractivity contribution in [2.24, 2.45) is 22.7 Å². The Morgan fingerprint density at radius 3 is 1.73 bits per heavy atom. The Hall–Kier alpha value is -3.21. The summed E-state index contributed by atoms with van der Waals surface area (Å²) >= 11 is 0. The van der Waals surface area contributed by atoms with E-state index in [-0.39, 0.29) is 12.8 Å². The zero-order valence-electron chi connectivity index (χ0n) is 25.3. The van der Waals surface area contributed by atoms with Crippen LogP contribution in [-0.2, 0) is 47.7 Å². The number of aliphatic hydroxyl groups excluding tert-OH is 1. The molecule has 1 N–H and O–H groups in total. The summed E-state index contributed by atoms with van der Waals surface area (Å²) in [7, 11) is 0. The predicted molar refractivity (Wildman–Crippen MR) is 144 cm³/mol. The maximum absolute atomic E-state index is 12.7. The molecular weight excluding hydrogens is 536 g/mol. The number of carbonyl (C=O) groups excluding carboxylic acids is 5. The summed E-state index contributed by atoms with van der Waals surface area (Å²) in [6.45, 7) is 17.7. The molecule has 9 atom stereocenters. The van der Waals surface area contributed by atoms with Crippen molar-refractivity contribution in [1.29, 1.82) is 0 Å². The first-order chi connectivity index (χ1) is 18.8. The average Bonchev–Trinajstić information content (AvgIpc) is 2.80. The van der Waals surface area contributed by atoms with Gasteiger partial charge in [0.2, 0.25) is 0 Å². The van der Waals surface area contributed by atoms with Crippen LogP contribution < -0.4 is 0 Å². The fourth-order valence-electron chi connectivity index (χ4n) is 7.45. The van der Waals surface area contributed by atoms with E-state index in [2.05, 4.69) is 6.58 Å². The molecule has 0 spiro atoms. The molecule has 0 aliphatic heterocycles. The van der Waals surface area contributed by atoms with Crippen LogP contribution in [0, 0.1) is 22.7 Å². The first-order valence-electron chi connectivity index (χ1n) is 13.8. The van der Waals surface area contributed by atoms with Gasteiger partial charge in [-0.2, -0.15) is 0 Å². The fraction of sp³-hybridized carbons (Fsp3) is 0.700. The average molecular weight is 579 g/mol. The number of aliphatic hydroxyl groups is 1. The number of hydrogen-bond acceptors (Lipinski definition) is 11. The smallest absolute Gasteiger partial charge is 0.303 e. The van der Waals surface area contributed by atoms with Crippen LogP contribution in [-0.4, -0.2) is 71.6 Å². The standard InChI is InChI=1S/C30H42O11/c1-13-20-11-21-25(36)26(39-17(5)33)14(2)24(29(21,8)9)27(40-18(6)34)28(41-19(7)35)30(20,10)23(38-16(4)32)12-22(13)37-15(3)31/h20-23,25-28,36H,1,11-12H2,2-10H3/t20-,21-,22+,23+,25-,26-,27-,28+,30+/m1/s1. The van der Waals surface area contributed by atoms with E-state index < -0.39 is 89.1 Å². The summed E-state index contributed by atoms with van der Waals surface area (Å²) in [4.78, 5) is 61.8. The normalized spacial score (nSPS) is 36.1. The monoisotopic (exact) mass is 578 g/mol. The molecule has 0 amide bonds. The predicted octanol–water partition coefficient (Wildman–Crippen LogP) is 2.96. The molecule has 11 heteroatoms. The second-order valence-corrected chi connectivity index (χ2v) is 12.2. The maximum atomic E-state index is 12.7. The summed E-state index contributed by atoms with van der Waals surface area (Å²) in [5.41, 5.74) is -0.637. The Kier molecular flexibility index (Phi) is 9.13. The van der Waals surface area contributed by atoms with Gasteiger partial charge in [0.25, 0.3) is 0 Å². The van der Waals surface area contributed by atoms with Gasteiger partial charge in [0, 0.05) is 41.0 Å². The van der Waals surface area contributed by atoms with E-state index in [4.69, 9.17) is 23.7 Å². The lowest BCUT2D eigenvalue weighted by molar-refractivity contribution is -0.216. The van der Waals surface area contributed by atoms with E-state index >= 15 is 0 Å². The molecule has 3 aliphatic carbocycles. The lowest BCUT2D eigenvalue weighted by atomic mass is 9.49. The van der Waals surface area contributed by atoms with Gasteiger partial charge in [-0.15, -0.1) is 0 Å². The first kappa shape index (κ1) is 32.3. The van der Waals surface area contributed by atoms with Crippen molar-refractivity contribution >= 4 is 29.8 Å². The number of rotatable bonds is 5. The third kappa shape index (κ3) is 5.91. The molecule has 0 aromatic heterocycles. The van der Waals surface area contributed by atoms with Crippen molar-refractivity contribution in [3.63, 3.8) is 0 Å². The van der Waals surface area contributed by atoms with Gasteiger partial charge in [0.1, 0.15) is 18.3 Å². The molecule has 0 saturated heterocycles. The fourth-order valence-corrected chi connectivity index (χ4v) is 7.45. The molecule has 228 valence electrons. The maximum Gasteiger partial charge on any atom is 0.303 e. The van der Waals surface area contributed by atoms with Crippen molar-refractivity contribution in [2.75, 3.05) is 0 Å². The molecular formula is C30H42O11. The van der Waals surface area contributed by atoms with Crippen LogP contribution >= 0.6 is 0 Å². The Balaban J connectivity index is 2.43.